The fourth-order valence-electron chi connectivity index (χ4n) is 3.67. The van der Waals surface area contributed by atoms with Gasteiger partial charge >= 0.3 is 18.0 Å². The Morgan fingerprint density at radius 3 is 2.00 bits per heavy atom. The number of primary amides is 1. The van der Waals surface area contributed by atoms with Gasteiger partial charge in [-0.15, -0.1) is 0 Å². The normalized spacial score (nSPS) is 13.8. The maximum atomic E-state index is 14.4. The first-order valence-corrected chi connectivity index (χ1v) is 12.6. The van der Waals surface area contributed by atoms with Crippen LogP contribution in [0.4, 0.5) is 30.7 Å². The van der Waals surface area contributed by atoms with Crippen molar-refractivity contribution in [2.24, 2.45) is 5.73 Å². The molecule has 2 aromatic rings. The maximum absolute atomic E-state index is 14.4. The van der Waals surface area contributed by atoms with E-state index in [-0.39, 0.29) is 21.7 Å². The van der Waals surface area contributed by atoms with E-state index in [1.165, 1.54) is 6.92 Å². The summed E-state index contributed by atoms with van der Waals surface area (Å²) < 4.78 is 116. The molecular weight excluding hydrogens is 557 g/mol. The molecule has 0 saturated heterocycles. The molecule has 0 aliphatic heterocycles. The topological polar surface area (TPSA) is 106 Å². The summed E-state index contributed by atoms with van der Waals surface area (Å²) in [5, 5.41) is 1.98. The summed E-state index contributed by atoms with van der Waals surface area (Å²) in [6, 6.07) is 2.68. The van der Waals surface area contributed by atoms with E-state index in [2.05, 4.69) is 5.32 Å². The number of rotatable bonds is 7. The summed E-state index contributed by atoms with van der Waals surface area (Å²) in [4.78, 5) is 24.7. The van der Waals surface area contributed by atoms with Gasteiger partial charge in [0.05, 0.1) is 21.9 Å². The predicted octanol–water partition coefficient (Wildman–Crippen LogP) is 4.87. The van der Waals surface area contributed by atoms with Gasteiger partial charge in [0.1, 0.15) is 9.84 Å². The van der Waals surface area contributed by atoms with Gasteiger partial charge in [0, 0.05) is 17.9 Å². The molecule has 0 heterocycles. The molecule has 0 spiro atoms. The first kappa shape index (κ1) is 30.4. The van der Waals surface area contributed by atoms with Gasteiger partial charge in [-0.2, -0.15) is 26.3 Å². The molecule has 0 fully saturated rings. The Kier molecular flexibility index (Phi) is 8.30. The van der Waals surface area contributed by atoms with Gasteiger partial charge in [-0.05, 0) is 42.7 Å². The predicted molar refractivity (Wildman–Crippen MR) is 122 cm³/mol. The lowest BCUT2D eigenvalue weighted by Gasteiger charge is -2.30. The van der Waals surface area contributed by atoms with E-state index in [0.717, 1.165) is 31.4 Å². The molecule has 3 N–H and O–H groups in total. The number of benzene rings is 2. The van der Waals surface area contributed by atoms with Crippen LogP contribution in [-0.2, 0) is 15.5 Å². The number of hydrogen-bond acceptors (Lipinski definition) is 4. The lowest BCUT2D eigenvalue weighted by molar-refractivity contribution is -0.348. The van der Waals surface area contributed by atoms with E-state index < -0.39 is 68.2 Å². The molecule has 0 radical (unpaired) electrons. The number of alkyl halides is 7. The Labute approximate surface area is 211 Å². The molecule has 6 nitrogen and oxygen atoms in total. The zero-order chi connectivity index (χ0) is 28.7. The number of carbonyl (C=O) groups is 2. The number of nitrogens with two attached hydrogens (primary N) is 1. The summed E-state index contributed by atoms with van der Waals surface area (Å²) in [6.45, 7) is 2.49. The molecule has 2 amide bonds. The molecule has 0 bridgehead atoms. The van der Waals surface area contributed by atoms with Gasteiger partial charge in [-0.3, -0.25) is 9.59 Å². The van der Waals surface area contributed by atoms with Crippen molar-refractivity contribution in [1.29, 1.82) is 0 Å². The number of halogens is 8. The lowest BCUT2D eigenvalue weighted by atomic mass is 9.89. The third-order valence-electron chi connectivity index (χ3n) is 5.23. The number of amides is 2. The van der Waals surface area contributed by atoms with E-state index in [0.29, 0.717) is 12.1 Å². The minimum absolute atomic E-state index is 0.0212. The molecule has 0 aliphatic carbocycles. The fraction of sp³-hybridized carbons (Fsp3) is 0.364. The fourth-order valence-corrected chi connectivity index (χ4v) is 4.97. The molecule has 204 valence electrons. The third-order valence-corrected chi connectivity index (χ3v) is 6.63. The van der Waals surface area contributed by atoms with Crippen molar-refractivity contribution in [3.05, 3.63) is 57.6 Å². The van der Waals surface area contributed by atoms with Crippen LogP contribution in [0.2, 0.25) is 5.02 Å². The Morgan fingerprint density at radius 1 is 1.03 bits per heavy atom. The number of aryl methyl sites for hydroxylation is 1. The van der Waals surface area contributed by atoms with Gasteiger partial charge in [0.2, 0.25) is 5.91 Å². The molecule has 0 aromatic heterocycles. The number of carbonyl (C=O) groups excluding carboxylic acids is 2. The second kappa shape index (κ2) is 10.1. The van der Waals surface area contributed by atoms with Crippen molar-refractivity contribution in [3.8, 4) is 11.1 Å². The van der Waals surface area contributed by atoms with E-state index in [9.17, 15) is 48.7 Å². The quantitative estimate of drug-likeness (QED) is 0.459. The number of sulfone groups is 1. The molecule has 0 unspecified atom stereocenters. The highest BCUT2D eigenvalue weighted by atomic mass is 35.5. The average Bonchev–Trinajstić information content (AvgIpc) is 2.68. The molecule has 37 heavy (non-hydrogen) atoms. The van der Waals surface area contributed by atoms with Crippen molar-refractivity contribution in [2.75, 3.05) is 12.0 Å². The van der Waals surface area contributed by atoms with Gasteiger partial charge < -0.3 is 11.1 Å². The molecule has 1 atom stereocenters. The lowest BCUT2D eigenvalue weighted by Crippen LogP contribution is -2.50. The molecule has 0 aliphatic rings. The first-order chi connectivity index (χ1) is 16.6. The van der Waals surface area contributed by atoms with Crippen LogP contribution in [0, 0.1) is 6.92 Å². The zero-order valence-corrected chi connectivity index (χ0v) is 20.9. The van der Waals surface area contributed by atoms with Crippen LogP contribution >= 0.6 is 11.6 Å². The highest BCUT2D eigenvalue weighted by Gasteiger charge is 2.73. The molecule has 2 rings (SSSR count). The molecule has 2 aromatic carbocycles. The average molecular weight is 577 g/mol. The van der Waals surface area contributed by atoms with Crippen molar-refractivity contribution in [1.82, 2.24) is 5.32 Å². The van der Waals surface area contributed by atoms with Gasteiger partial charge in [-0.1, -0.05) is 29.8 Å². The SMILES string of the molecule is Cc1cc(C(F)(C(F)(F)F)C(F)(F)F)ccc1-c1cc(Cl)c(C(=O)N[C@H](C)CS(C)(=O)=O)c(C(N)=O)c1. The van der Waals surface area contributed by atoms with E-state index in [1.54, 1.807) is 0 Å². The summed E-state index contributed by atoms with van der Waals surface area (Å²) in [5.41, 5.74) is -3.17. The highest BCUT2D eigenvalue weighted by Crippen LogP contribution is 2.53. The van der Waals surface area contributed by atoms with Gasteiger partial charge in [0.25, 0.3) is 5.91 Å². The minimum atomic E-state index is -6.30. The van der Waals surface area contributed by atoms with Crippen LogP contribution in [0.3, 0.4) is 0 Å². The Balaban J connectivity index is 2.60. The summed E-state index contributed by atoms with van der Waals surface area (Å²) in [6.07, 6.45) is -11.7. The van der Waals surface area contributed by atoms with E-state index in [1.807, 2.05) is 0 Å². The zero-order valence-electron chi connectivity index (χ0n) is 19.3. The van der Waals surface area contributed by atoms with Crippen molar-refractivity contribution in [2.45, 2.75) is 37.9 Å². The smallest absolute Gasteiger partial charge is 0.366 e. The van der Waals surface area contributed by atoms with E-state index in [4.69, 9.17) is 17.3 Å². The molecule has 15 heteroatoms. The van der Waals surface area contributed by atoms with Crippen LogP contribution in [0.1, 0.15) is 38.8 Å². The van der Waals surface area contributed by atoms with Crippen LogP contribution < -0.4 is 11.1 Å². The second-order valence-electron chi connectivity index (χ2n) is 8.40. The Bertz CT molecular complexity index is 1330. The van der Waals surface area contributed by atoms with Crippen LogP contribution in [0.15, 0.2) is 30.3 Å². The molecule has 0 saturated carbocycles. The maximum Gasteiger partial charge on any atom is 0.435 e. The van der Waals surface area contributed by atoms with Crippen molar-refractivity contribution in [3.63, 3.8) is 0 Å². The standard InChI is InChI=1S/C22H20ClF7N2O4S/c1-10-6-13(20(24,21(25,26)27)22(28,29)30)4-5-14(10)12-7-15(18(31)33)17(16(23)8-12)19(34)32-11(2)9-37(3,35)36/h4-8,11H,9H2,1-3H3,(H2,31,33)(H,32,34)/t11-/m1/s1. The third kappa shape index (κ3) is 6.35. The summed E-state index contributed by atoms with van der Waals surface area (Å²) in [5.74, 6) is -2.54. The molecular formula is C22H20ClF7N2O4S. The van der Waals surface area contributed by atoms with Crippen LogP contribution in [-0.4, -0.2) is 50.6 Å². The van der Waals surface area contributed by atoms with Gasteiger partial charge in [-0.25, -0.2) is 12.8 Å². The van der Waals surface area contributed by atoms with Crippen molar-refractivity contribution < 1.29 is 48.7 Å². The number of nitrogens with one attached hydrogen (secondary N) is 1. The van der Waals surface area contributed by atoms with Crippen molar-refractivity contribution >= 4 is 33.3 Å². The Morgan fingerprint density at radius 2 is 1.57 bits per heavy atom. The van der Waals surface area contributed by atoms with Crippen LogP contribution in [0.5, 0.6) is 0 Å². The monoisotopic (exact) mass is 576 g/mol. The Hall–Kier alpha value is -2.87. The largest absolute Gasteiger partial charge is 0.435 e. The second-order valence-corrected chi connectivity index (χ2v) is 11.0. The van der Waals surface area contributed by atoms with Gasteiger partial charge in [0.15, 0.2) is 0 Å². The number of hydrogen-bond donors (Lipinski definition) is 2. The highest BCUT2D eigenvalue weighted by molar-refractivity contribution is 7.90. The summed E-state index contributed by atoms with van der Waals surface area (Å²) >= 11 is 6.17. The first-order valence-electron chi connectivity index (χ1n) is 10.2. The summed E-state index contributed by atoms with van der Waals surface area (Å²) in [7, 11) is -3.47. The van der Waals surface area contributed by atoms with Crippen LogP contribution in [0.25, 0.3) is 11.1 Å². The van der Waals surface area contributed by atoms with E-state index >= 15 is 0 Å². The minimum Gasteiger partial charge on any atom is -0.366 e.